The smallest absolute Gasteiger partial charge is 0.200 e. The van der Waals surface area contributed by atoms with Gasteiger partial charge in [0.25, 0.3) is 0 Å². The number of aromatic nitrogens is 2. The van der Waals surface area contributed by atoms with Gasteiger partial charge in [-0.15, -0.1) is 0 Å². The Labute approximate surface area is 85.1 Å². The fourth-order valence-electron chi connectivity index (χ4n) is 1.51. The summed E-state index contributed by atoms with van der Waals surface area (Å²) >= 11 is 3.21. The van der Waals surface area contributed by atoms with E-state index in [1.165, 1.54) is 0 Å². The van der Waals surface area contributed by atoms with Gasteiger partial charge in [-0.3, -0.25) is 0 Å². The molecule has 5 heteroatoms. The zero-order chi connectivity index (χ0) is 9.42. The Morgan fingerprint density at radius 1 is 1.54 bits per heavy atom. The lowest BCUT2D eigenvalue weighted by Gasteiger charge is -2.22. The Bertz CT molecular complexity index is 339. The Morgan fingerprint density at radius 3 is 3.08 bits per heavy atom. The van der Waals surface area contributed by atoms with E-state index in [-0.39, 0.29) is 0 Å². The summed E-state index contributed by atoms with van der Waals surface area (Å²) in [6.45, 7) is 3.13. The maximum Gasteiger partial charge on any atom is 0.200 e. The first-order chi connectivity index (χ1) is 6.16. The summed E-state index contributed by atoms with van der Waals surface area (Å²) in [6.07, 6.45) is 0.960. The van der Waals surface area contributed by atoms with Crippen molar-refractivity contribution in [2.45, 2.75) is 13.3 Å². The molecule has 4 nitrogen and oxygen atoms in total. The van der Waals surface area contributed by atoms with Gasteiger partial charge < -0.3 is 11.1 Å². The van der Waals surface area contributed by atoms with Gasteiger partial charge in [-0.1, -0.05) is 6.92 Å². The number of nitrogens with zero attached hydrogens (tertiary/aromatic N) is 2. The molecule has 0 aromatic carbocycles. The molecule has 0 radical (unpaired) electrons. The summed E-state index contributed by atoms with van der Waals surface area (Å²) in [5.74, 6) is 2.05. The van der Waals surface area contributed by atoms with E-state index in [1.54, 1.807) is 0 Å². The predicted molar refractivity (Wildman–Crippen MR) is 55.5 cm³/mol. The molecule has 0 saturated carbocycles. The monoisotopic (exact) mass is 242 g/mol. The molecule has 1 aliphatic heterocycles. The molecule has 0 saturated heterocycles. The van der Waals surface area contributed by atoms with E-state index in [0.29, 0.717) is 16.5 Å². The van der Waals surface area contributed by atoms with Gasteiger partial charge in [0.1, 0.15) is 11.6 Å². The largest absolute Gasteiger partial charge is 0.383 e. The van der Waals surface area contributed by atoms with Crippen LogP contribution < -0.4 is 11.1 Å². The molecule has 1 aromatic heterocycles. The molecule has 0 fully saturated rings. The minimum atomic E-state index is 0.547. The maximum atomic E-state index is 5.78. The van der Waals surface area contributed by atoms with Gasteiger partial charge in [0.2, 0.25) is 4.73 Å². The van der Waals surface area contributed by atoms with Gasteiger partial charge in [0.15, 0.2) is 0 Å². The highest BCUT2D eigenvalue weighted by atomic mass is 79.9. The minimum Gasteiger partial charge on any atom is -0.383 e. The van der Waals surface area contributed by atoms with Crippen LogP contribution in [0.1, 0.15) is 12.5 Å². The van der Waals surface area contributed by atoms with Crippen LogP contribution in [0.25, 0.3) is 0 Å². The van der Waals surface area contributed by atoms with Crippen LogP contribution in [-0.2, 0) is 6.42 Å². The molecule has 2 heterocycles. The van der Waals surface area contributed by atoms with Crippen molar-refractivity contribution in [3.05, 3.63) is 10.3 Å². The lowest BCUT2D eigenvalue weighted by atomic mass is 9.98. The zero-order valence-corrected chi connectivity index (χ0v) is 8.93. The number of anilines is 2. The van der Waals surface area contributed by atoms with E-state index in [1.807, 2.05) is 0 Å². The molecule has 70 valence electrons. The second-order valence-corrected chi connectivity index (χ2v) is 4.10. The number of halogens is 1. The Morgan fingerprint density at radius 2 is 2.31 bits per heavy atom. The van der Waals surface area contributed by atoms with Crippen molar-refractivity contribution in [3.63, 3.8) is 0 Å². The molecule has 0 spiro atoms. The third-order valence-electron chi connectivity index (χ3n) is 2.18. The quantitative estimate of drug-likeness (QED) is 0.676. The number of fused-ring (bicyclic) bond motifs is 1. The molecule has 0 bridgehead atoms. The van der Waals surface area contributed by atoms with Crippen molar-refractivity contribution in [1.29, 1.82) is 0 Å². The number of hydrogen-bond donors (Lipinski definition) is 2. The fraction of sp³-hybridized carbons (Fsp3) is 0.500. The van der Waals surface area contributed by atoms with Crippen LogP contribution in [0.15, 0.2) is 4.73 Å². The number of nitrogen functional groups attached to an aromatic ring is 1. The van der Waals surface area contributed by atoms with E-state index in [9.17, 15) is 0 Å². The second-order valence-electron chi connectivity index (χ2n) is 3.40. The average Bonchev–Trinajstić information content (AvgIpc) is 2.06. The van der Waals surface area contributed by atoms with Crippen LogP contribution in [0.2, 0.25) is 0 Å². The van der Waals surface area contributed by atoms with Crippen LogP contribution in [0.3, 0.4) is 0 Å². The lowest BCUT2D eigenvalue weighted by Crippen LogP contribution is -2.23. The van der Waals surface area contributed by atoms with Crippen LogP contribution in [0, 0.1) is 5.92 Å². The first-order valence-electron chi connectivity index (χ1n) is 4.22. The summed E-state index contributed by atoms with van der Waals surface area (Å²) in [7, 11) is 0. The second kappa shape index (κ2) is 3.14. The summed E-state index contributed by atoms with van der Waals surface area (Å²) in [5, 5.41) is 3.23. The molecule has 0 amide bonds. The molecule has 1 aromatic rings. The Balaban J connectivity index is 2.47. The zero-order valence-electron chi connectivity index (χ0n) is 7.34. The fourth-order valence-corrected chi connectivity index (χ4v) is 1.88. The van der Waals surface area contributed by atoms with Gasteiger partial charge in [-0.2, -0.15) is 0 Å². The minimum absolute atomic E-state index is 0.547. The molecule has 1 atom stereocenters. The molecule has 2 rings (SSSR count). The molecule has 13 heavy (non-hydrogen) atoms. The van der Waals surface area contributed by atoms with Gasteiger partial charge in [-0.05, 0) is 28.3 Å². The molecule has 3 N–H and O–H groups in total. The number of nitrogens with two attached hydrogens (primary N) is 1. The van der Waals surface area contributed by atoms with Crippen molar-refractivity contribution in [2.75, 3.05) is 17.6 Å². The van der Waals surface area contributed by atoms with E-state index >= 15 is 0 Å². The Hall–Kier alpha value is -0.840. The first kappa shape index (κ1) is 8.74. The number of nitrogens with one attached hydrogen (secondary N) is 1. The van der Waals surface area contributed by atoms with E-state index in [4.69, 9.17) is 5.73 Å². The van der Waals surface area contributed by atoms with Crippen LogP contribution >= 0.6 is 15.9 Å². The van der Waals surface area contributed by atoms with Crippen molar-refractivity contribution in [3.8, 4) is 0 Å². The highest BCUT2D eigenvalue weighted by Crippen LogP contribution is 2.27. The SMILES string of the molecule is CC1CNc2nc(Br)nc(N)c2C1. The first-order valence-corrected chi connectivity index (χ1v) is 5.02. The van der Waals surface area contributed by atoms with Gasteiger partial charge in [0, 0.05) is 12.1 Å². The van der Waals surface area contributed by atoms with Gasteiger partial charge in [-0.25, -0.2) is 9.97 Å². The van der Waals surface area contributed by atoms with Crippen LogP contribution in [-0.4, -0.2) is 16.5 Å². The predicted octanol–water partition coefficient (Wildman–Crippen LogP) is 1.43. The molecule has 1 aliphatic rings. The summed E-state index contributed by atoms with van der Waals surface area (Å²) in [4.78, 5) is 8.29. The van der Waals surface area contributed by atoms with E-state index in [0.717, 1.165) is 24.3 Å². The maximum absolute atomic E-state index is 5.78. The van der Waals surface area contributed by atoms with Crippen molar-refractivity contribution in [1.82, 2.24) is 9.97 Å². The summed E-state index contributed by atoms with van der Waals surface area (Å²) < 4.78 is 0.547. The third kappa shape index (κ3) is 1.60. The lowest BCUT2D eigenvalue weighted by molar-refractivity contribution is 0.589. The molecular weight excluding hydrogens is 232 g/mol. The molecular formula is C8H11BrN4. The van der Waals surface area contributed by atoms with E-state index < -0.39 is 0 Å². The summed E-state index contributed by atoms with van der Waals surface area (Å²) in [6, 6.07) is 0. The standard InChI is InChI=1S/C8H11BrN4/c1-4-2-5-6(10)12-8(9)13-7(5)11-3-4/h4H,2-3H2,1H3,(H3,10,11,12,13). The average molecular weight is 243 g/mol. The van der Waals surface area contributed by atoms with E-state index in [2.05, 4.69) is 38.1 Å². The normalized spacial score (nSPS) is 20.6. The van der Waals surface area contributed by atoms with Crippen LogP contribution in [0.5, 0.6) is 0 Å². The van der Waals surface area contributed by atoms with Crippen molar-refractivity contribution >= 4 is 27.6 Å². The van der Waals surface area contributed by atoms with Gasteiger partial charge >= 0.3 is 0 Å². The highest BCUT2D eigenvalue weighted by molar-refractivity contribution is 9.10. The number of hydrogen-bond acceptors (Lipinski definition) is 4. The highest BCUT2D eigenvalue weighted by Gasteiger charge is 2.19. The van der Waals surface area contributed by atoms with Crippen molar-refractivity contribution < 1.29 is 0 Å². The summed E-state index contributed by atoms with van der Waals surface area (Å²) in [5.41, 5.74) is 6.83. The molecule has 0 aliphatic carbocycles. The Kier molecular flexibility index (Phi) is 2.11. The number of rotatable bonds is 0. The third-order valence-corrected chi connectivity index (χ3v) is 2.54. The van der Waals surface area contributed by atoms with Crippen LogP contribution in [0.4, 0.5) is 11.6 Å². The topological polar surface area (TPSA) is 63.8 Å². The van der Waals surface area contributed by atoms with Crippen molar-refractivity contribution in [2.24, 2.45) is 5.92 Å². The van der Waals surface area contributed by atoms with Gasteiger partial charge in [0.05, 0.1) is 0 Å². The molecule has 1 unspecified atom stereocenters.